The predicted octanol–water partition coefficient (Wildman–Crippen LogP) is 4.85. The SMILES string of the molecule is CCCNC1CCCCCC1c1cc2ccccc2o1. The molecule has 1 aromatic heterocycles. The van der Waals surface area contributed by atoms with Gasteiger partial charge in [0, 0.05) is 17.3 Å². The quantitative estimate of drug-likeness (QED) is 0.804. The summed E-state index contributed by atoms with van der Waals surface area (Å²) in [6, 6.07) is 11.2. The lowest BCUT2D eigenvalue weighted by Crippen LogP contribution is -2.34. The van der Waals surface area contributed by atoms with E-state index in [2.05, 4.69) is 42.6 Å². The minimum Gasteiger partial charge on any atom is -0.461 e. The molecule has 0 spiro atoms. The lowest BCUT2D eigenvalue weighted by Gasteiger charge is -2.24. The van der Waals surface area contributed by atoms with E-state index in [-0.39, 0.29) is 0 Å². The first-order valence-electron chi connectivity index (χ1n) is 8.10. The van der Waals surface area contributed by atoms with Crippen molar-refractivity contribution in [2.24, 2.45) is 0 Å². The molecule has 108 valence electrons. The fourth-order valence-corrected chi connectivity index (χ4v) is 3.41. The molecule has 0 amide bonds. The highest BCUT2D eigenvalue weighted by molar-refractivity contribution is 5.77. The Hall–Kier alpha value is -1.28. The molecule has 2 aromatic rings. The molecule has 2 unspecified atom stereocenters. The third-order valence-corrected chi connectivity index (χ3v) is 4.48. The highest BCUT2D eigenvalue weighted by atomic mass is 16.3. The molecule has 0 aliphatic heterocycles. The van der Waals surface area contributed by atoms with E-state index in [9.17, 15) is 0 Å². The molecule has 1 saturated carbocycles. The van der Waals surface area contributed by atoms with Gasteiger partial charge in [-0.1, -0.05) is 44.4 Å². The zero-order valence-corrected chi connectivity index (χ0v) is 12.4. The molecule has 2 atom stereocenters. The van der Waals surface area contributed by atoms with Gasteiger partial charge in [0.05, 0.1) is 0 Å². The highest BCUT2D eigenvalue weighted by Crippen LogP contribution is 2.35. The van der Waals surface area contributed by atoms with Gasteiger partial charge in [-0.05, 0) is 37.9 Å². The molecular formula is C18H25NO. The molecular weight excluding hydrogens is 246 g/mol. The fourth-order valence-electron chi connectivity index (χ4n) is 3.41. The fraction of sp³-hybridized carbons (Fsp3) is 0.556. The van der Waals surface area contributed by atoms with Crippen molar-refractivity contribution in [2.45, 2.75) is 57.4 Å². The Balaban J connectivity index is 1.86. The number of hydrogen-bond acceptors (Lipinski definition) is 2. The van der Waals surface area contributed by atoms with E-state index in [1.165, 1.54) is 49.7 Å². The molecule has 1 aliphatic carbocycles. The first kappa shape index (κ1) is 13.7. The van der Waals surface area contributed by atoms with Crippen LogP contribution in [0.4, 0.5) is 0 Å². The van der Waals surface area contributed by atoms with Crippen molar-refractivity contribution in [2.75, 3.05) is 6.54 Å². The van der Waals surface area contributed by atoms with Gasteiger partial charge in [0.1, 0.15) is 11.3 Å². The lowest BCUT2D eigenvalue weighted by atomic mass is 9.92. The van der Waals surface area contributed by atoms with E-state index in [0.29, 0.717) is 12.0 Å². The molecule has 1 heterocycles. The monoisotopic (exact) mass is 271 g/mol. The summed E-state index contributed by atoms with van der Waals surface area (Å²) >= 11 is 0. The van der Waals surface area contributed by atoms with Crippen LogP contribution >= 0.6 is 0 Å². The second kappa shape index (κ2) is 6.45. The predicted molar refractivity (Wildman–Crippen MR) is 84.1 cm³/mol. The van der Waals surface area contributed by atoms with Crippen molar-refractivity contribution < 1.29 is 4.42 Å². The number of nitrogens with one attached hydrogen (secondary N) is 1. The number of furan rings is 1. The van der Waals surface area contributed by atoms with Crippen LogP contribution < -0.4 is 5.32 Å². The Morgan fingerprint density at radius 2 is 2.00 bits per heavy atom. The third kappa shape index (κ3) is 2.90. The van der Waals surface area contributed by atoms with Crippen molar-refractivity contribution in [1.29, 1.82) is 0 Å². The molecule has 0 bridgehead atoms. The van der Waals surface area contributed by atoms with Crippen molar-refractivity contribution in [1.82, 2.24) is 5.32 Å². The molecule has 1 fully saturated rings. The van der Waals surface area contributed by atoms with Crippen LogP contribution in [0.25, 0.3) is 11.0 Å². The zero-order valence-electron chi connectivity index (χ0n) is 12.4. The number of fused-ring (bicyclic) bond motifs is 1. The molecule has 1 N–H and O–H groups in total. The number of para-hydroxylation sites is 1. The second-order valence-electron chi connectivity index (χ2n) is 5.99. The van der Waals surface area contributed by atoms with Crippen molar-refractivity contribution in [3.63, 3.8) is 0 Å². The van der Waals surface area contributed by atoms with Crippen LogP contribution in [0.5, 0.6) is 0 Å². The first-order chi connectivity index (χ1) is 9.88. The second-order valence-corrected chi connectivity index (χ2v) is 5.99. The zero-order chi connectivity index (χ0) is 13.8. The van der Waals surface area contributed by atoms with E-state index < -0.39 is 0 Å². The van der Waals surface area contributed by atoms with E-state index in [1.807, 2.05) is 0 Å². The van der Waals surface area contributed by atoms with Crippen LogP contribution in [0.15, 0.2) is 34.7 Å². The van der Waals surface area contributed by atoms with Crippen LogP contribution in [-0.4, -0.2) is 12.6 Å². The summed E-state index contributed by atoms with van der Waals surface area (Å²) in [4.78, 5) is 0. The van der Waals surface area contributed by atoms with Crippen molar-refractivity contribution in [3.8, 4) is 0 Å². The molecule has 2 nitrogen and oxygen atoms in total. The summed E-state index contributed by atoms with van der Waals surface area (Å²) in [5, 5.41) is 4.98. The van der Waals surface area contributed by atoms with Gasteiger partial charge in [-0.2, -0.15) is 0 Å². The molecule has 1 aromatic carbocycles. The topological polar surface area (TPSA) is 25.2 Å². The summed E-state index contributed by atoms with van der Waals surface area (Å²) < 4.78 is 6.13. The van der Waals surface area contributed by atoms with Gasteiger partial charge in [-0.25, -0.2) is 0 Å². The van der Waals surface area contributed by atoms with Crippen LogP contribution in [0, 0.1) is 0 Å². The van der Waals surface area contributed by atoms with E-state index in [1.54, 1.807) is 0 Å². The standard InChI is InChI=1S/C18H25NO/c1-2-12-19-16-10-5-3-4-9-15(16)18-13-14-8-6-7-11-17(14)20-18/h6-8,11,13,15-16,19H,2-5,9-10,12H2,1H3. The maximum atomic E-state index is 6.13. The Kier molecular flexibility index (Phi) is 4.41. The molecule has 0 radical (unpaired) electrons. The average Bonchev–Trinajstić information content (AvgIpc) is 2.76. The maximum Gasteiger partial charge on any atom is 0.134 e. The number of hydrogen-bond donors (Lipinski definition) is 1. The van der Waals surface area contributed by atoms with Gasteiger partial charge in [-0.15, -0.1) is 0 Å². The van der Waals surface area contributed by atoms with Gasteiger partial charge in [-0.3, -0.25) is 0 Å². The molecule has 2 heteroatoms. The van der Waals surface area contributed by atoms with Gasteiger partial charge >= 0.3 is 0 Å². The van der Waals surface area contributed by atoms with Gasteiger partial charge in [0.25, 0.3) is 0 Å². The minimum atomic E-state index is 0.538. The molecule has 1 aliphatic rings. The Bertz CT molecular complexity index is 512. The van der Waals surface area contributed by atoms with E-state index in [0.717, 1.165) is 12.1 Å². The van der Waals surface area contributed by atoms with Crippen LogP contribution in [0.3, 0.4) is 0 Å². The first-order valence-corrected chi connectivity index (χ1v) is 8.10. The number of benzene rings is 1. The average molecular weight is 271 g/mol. The Morgan fingerprint density at radius 1 is 1.15 bits per heavy atom. The summed E-state index contributed by atoms with van der Waals surface area (Å²) in [5.41, 5.74) is 1.03. The van der Waals surface area contributed by atoms with Crippen molar-refractivity contribution >= 4 is 11.0 Å². The minimum absolute atomic E-state index is 0.538. The maximum absolute atomic E-state index is 6.13. The highest BCUT2D eigenvalue weighted by Gasteiger charge is 2.27. The van der Waals surface area contributed by atoms with Crippen LogP contribution in [0.1, 0.15) is 57.1 Å². The number of rotatable bonds is 4. The largest absolute Gasteiger partial charge is 0.461 e. The van der Waals surface area contributed by atoms with Crippen LogP contribution in [0.2, 0.25) is 0 Å². The van der Waals surface area contributed by atoms with Gasteiger partial charge in [0.15, 0.2) is 0 Å². The van der Waals surface area contributed by atoms with Gasteiger partial charge in [0.2, 0.25) is 0 Å². The smallest absolute Gasteiger partial charge is 0.134 e. The summed E-state index contributed by atoms with van der Waals surface area (Å²) in [6.07, 6.45) is 7.76. The van der Waals surface area contributed by atoms with E-state index in [4.69, 9.17) is 4.42 Å². The van der Waals surface area contributed by atoms with Crippen molar-refractivity contribution in [3.05, 3.63) is 36.1 Å². The normalized spacial score (nSPS) is 23.9. The third-order valence-electron chi connectivity index (χ3n) is 4.48. The molecule has 3 rings (SSSR count). The summed E-state index contributed by atoms with van der Waals surface area (Å²) in [7, 11) is 0. The Labute approximate surface area is 121 Å². The molecule has 0 saturated heterocycles. The van der Waals surface area contributed by atoms with Crippen LogP contribution in [-0.2, 0) is 0 Å². The van der Waals surface area contributed by atoms with E-state index >= 15 is 0 Å². The molecule has 20 heavy (non-hydrogen) atoms. The Morgan fingerprint density at radius 3 is 2.85 bits per heavy atom. The lowest BCUT2D eigenvalue weighted by molar-refractivity contribution is 0.364. The summed E-state index contributed by atoms with van der Waals surface area (Å²) in [5.74, 6) is 1.72. The van der Waals surface area contributed by atoms with Gasteiger partial charge < -0.3 is 9.73 Å². The summed E-state index contributed by atoms with van der Waals surface area (Å²) in [6.45, 7) is 3.35.